The van der Waals surface area contributed by atoms with Gasteiger partial charge in [-0.2, -0.15) is 5.26 Å². The molecule has 0 saturated carbocycles. The Morgan fingerprint density at radius 2 is 2.12 bits per heavy atom. The summed E-state index contributed by atoms with van der Waals surface area (Å²) < 4.78 is 0.615. The number of nitrogens with zero attached hydrogens (tertiary/aromatic N) is 4. The van der Waals surface area contributed by atoms with Crippen molar-refractivity contribution in [2.24, 2.45) is 0 Å². The lowest BCUT2D eigenvalue weighted by Gasteiger charge is -2.18. The number of fused-ring (bicyclic) bond motifs is 2. The first-order chi connectivity index (χ1) is 12.5. The lowest BCUT2D eigenvalue weighted by Crippen LogP contribution is -2.22. The van der Waals surface area contributed by atoms with E-state index in [1.165, 1.54) is 11.3 Å². The Morgan fingerprint density at radius 1 is 1.27 bits per heavy atom. The van der Waals surface area contributed by atoms with Crippen LogP contribution in [0.2, 0.25) is 5.02 Å². The third kappa shape index (κ3) is 2.90. The molecule has 0 unspecified atom stereocenters. The molecule has 1 N–H and O–H groups in total. The maximum atomic E-state index is 12.1. The first kappa shape index (κ1) is 16.5. The number of nitrogens with one attached hydrogen (secondary N) is 1. The van der Waals surface area contributed by atoms with Gasteiger partial charge in [-0.25, -0.2) is 9.97 Å². The molecule has 26 heavy (non-hydrogen) atoms. The molecule has 0 aliphatic rings. The van der Waals surface area contributed by atoms with Crippen LogP contribution in [0, 0.1) is 11.3 Å². The van der Waals surface area contributed by atoms with Gasteiger partial charge < -0.3 is 9.88 Å². The van der Waals surface area contributed by atoms with Crippen molar-refractivity contribution in [1.82, 2.24) is 15.0 Å². The van der Waals surface area contributed by atoms with Gasteiger partial charge in [-0.3, -0.25) is 4.79 Å². The highest BCUT2D eigenvalue weighted by molar-refractivity contribution is 7.17. The largest absolute Gasteiger partial charge is 0.352 e. The van der Waals surface area contributed by atoms with Crippen molar-refractivity contribution in [2.45, 2.75) is 6.54 Å². The molecule has 0 bridgehead atoms. The van der Waals surface area contributed by atoms with Gasteiger partial charge in [-0.05, 0) is 35.7 Å². The van der Waals surface area contributed by atoms with E-state index in [1.54, 1.807) is 24.3 Å². The maximum Gasteiger partial charge on any atom is 0.268 e. The van der Waals surface area contributed by atoms with Gasteiger partial charge in [0, 0.05) is 17.5 Å². The summed E-state index contributed by atoms with van der Waals surface area (Å²) in [5, 5.41) is 12.6. The second-order valence-electron chi connectivity index (χ2n) is 5.80. The molecule has 4 aromatic rings. The lowest BCUT2D eigenvalue weighted by atomic mass is 10.1. The molecule has 0 fully saturated rings. The lowest BCUT2D eigenvalue weighted by molar-refractivity contribution is 0.829. The zero-order chi connectivity index (χ0) is 18.3. The van der Waals surface area contributed by atoms with Crippen LogP contribution in [0.5, 0.6) is 0 Å². The average molecular weight is 382 g/mol. The number of anilines is 1. The molecule has 0 spiro atoms. The Balaban J connectivity index is 1.73. The molecule has 6 nitrogen and oxygen atoms in total. The second-order valence-corrected chi connectivity index (χ2v) is 7.16. The summed E-state index contributed by atoms with van der Waals surface area (Å²) in [7, 11) is 1.84. The summed E-state index contributed by atoms with van der Waals surface area (Å²) in [5.74, 6) is 1.16. The molecule has 1 aromatic carbocycles. The number of H-pyrrole nitrogens is 1. The minimum absolute atomic E-state index is 0.146. The van der Waals surface area contributed by atoms with Crippen LogP contribution in [0.4, 0.5) is 5.82 Å². The van der Waals surface area contributed by atoms with E-state index in [-0.39, 0.29) is 5.56 Å². The van der Waals surface area contributed by atoms with E-state index in [9.17, 15) is 10.1 Å². The first-order valence-electron chi connectivity index (χ1n) is 7.73. The van der Waals surface area contributed by atoms with Crippen LogP contribution < -0.4 is 10.5 Å². The minimum atomic E-state index is -0.146. The van der Waals surface area contributed by atoms with Crippen molar-refractivity contribution >= 4 is 49.9 Å². The summed E-state index contributed by atoms with van der Waals surface area (Å²) >= 11 is 7.39. The first-order valence-corrected chi connectivity index (χ1v) is 8.99. The molecule has 0 radical (unpaired) electrons. The monoisotopic (exact) mass is 381 g/mol. The Kier molecular flexibility index (Phi) is 4.07. The van der Waals surface area contributed by atoms with Gasteiger partial charge >= 0.3 is 0 Å². The van der Waals surface area contributed by atoms with E-state index < -0.39 is 0 Å². The predicted molar refractivity (Wildman–Crippen MR) is 104 cm³/mol. The highest BCUT2D eigenvalue weighted by Crippen LogP contribution is 2.25. The molecule has 0 aliphatic heterocycles. The Hall–Kier alpha value is -2.95. The summed E-state index contributed by atoms with van der Waals surface area (Å²) in [6.45, 7) is 0.359. The molecular weight excluding hydrogens is 370 g/mol. The Labute approximate surface area is 157 Å². The molecule has 3 aromatic heterocycles. The van der Waals surface area contributed by atoms with Crippen molar-refractivity contribution in [1.29, 1.82) is 5.26 Å². The SMILES string of the molecule is CN(Cc1nc2ccsc2c(=O)[nH]1)c1cc(C#N)c2cc(Cl)ccc2n1. The topological polar surface area (TPSA) is 85.7 Å². The van der Waals surface area contributed by atoms with Crippen molar-refractivity contribution in [3.63, 3.8) is 0 Å². The second kappa shape index (κ2) is 6.41. The third-order valence-electron chi connectivity index (χ3n) is 4.02. The van der Waals surface area contributed by atoms with E-state index in [0.717, 1.165) is 0 Å². The number of rotatable bonds is 3. The minimum Gasteiger partial charge on any atom is -0.352 e. The van der Waals surface area contributed by atoms with Crippen LogP contribution in [0.15, 0.2) is 40.5 Å². The smallest absolute Gasteiger partial charge is 0.268 e. The molecule has 0 amide bonds. The predicted octanol–water partition coefficient (Wildman–Crippen LogP) is 3.69. The number of nitriles is 1. The zero-order valence-corrected chi connectivity index (χ0v) is 15.2. The van der Waals surface area contributed by atoms with Gasteiger partial charge in [-0.1, -0.05) is 11.6 Å². The van der Waals surface area contributed by atoms with Gasteiger partial charge in [0.2, 0.25) is 0 Å². The third-order valence-corrected chi connectivity index (χ3v) is 5.16. The van der Waals surface area contributed by atoms with Crippen molar-refractivity contribution < 1.29 is 0 Å². The van der Waals surface area contributed by atoms with E-state index in [1.807, 2.05) is 23.4 Å². The fraction of sp³-hybridized carbons (Fsp3) is 0.111. The quantitative estimate of drug-likeness (QED) is 0.584. The number of hydrogen-bond donors (Lipinski definition) is 1. The molecule has 0 atom stereocenters. The number of benzene rings is 1. The fourth-order valence-electron chi connectivity index (χ4n) is 2.77. The fourth-order valence-corrected chi connectivity index (χ4v) is 3.67. The van der Waals surface area contributed by atoms with Crippen LogP contribution in [0.1, 0.15) is 11.4 Å². The number of aromatic nitrogens is 3. The maximum absolute atomic E-state index is 12.1. The average Bonchev–Trinajstić information content (AvgIpc) is 3.10. The van der Waals surface area contributed by atoms with Crippen LogP contribution in [-0.2, 0) is 6.54 Å². The summed E-state index contributed by atoms with van der Waals surface area (Å²) in [6.07, 6.45) is 0. The van der Waals surface area contributed by atoms with E-state index in [2.05, 4.69) is 21.0 Å². The van der Waals surface area contributed by atoms with Crippen molar-refractivity contribution in [3.05, 3.63) is 62.5 Å². The molecule has 0 saturated heterocycles. The van der Waals surface area contributed by atoms with E-state index in [4.69, 9.17) is 11.6 Å². The van der Waals surface area contributed by atoms with Gasteiger partial charge in [0.15, 0.2) is 0 Å². The summed E-state index contributed by atoms with van der Waals surface area (Å²) in [5.41, 5.74) is 1.72. The molecule has 128 valence electrons. The Morgan fingerprint density at radius 3 is 2.92 bits per heavy atom. The van der Waals surface area contributed by atoms with Crippen molar-refractivity contribution in [3.8, 4) is 6.07 Å². The van der Waals surface area contributed by atoms with Crippen molar-refractivity contribution in [2.75, 3.05) is 11.9 Å². The number of halogens is 1. The summed E-state index contributed by atoms with van der Waals surface area (Å²) in [6, 6.07) is 11.0. The van der Waals surface area contributed by atoms with Gasteiger partial charge in [0.25, 0.3) is 5.56 Å². The van der Waals surface area contributed by atoms with Crippen LogP contribution in [0.3, 0.4) is 0 Å². The van der Waals surface area contributed by atoms with Crippen LogP contribution in [0.25, 0.3) is 21.1 Å². The van der Waals surface area contributed by atoms with Gasteiger partial charge in [-0.15, -0.1) is 11.3 Å². The van der Waals surface area contributed by atoms with Gasteiger partial charge in [0.1, 0.15) is 16.3 Å². The van der Waals surface area contributed by atoms with Gasteiger partial charge in [0.05, 0.1) is 29.2 Å². The Bertz CT molecular complexity index is 1240. The standard InChI is InChI=1S/C18H12ClN5OS/c1-24(9-15-21-14-4-5-26-17(14)18(25)23-15)16-6-10(8-20)12-7-11(19)2-3-13(12)22-16/h2-7H,9H2,1H3,(H,21,23,25). The highest BCUT2D eigenvalue weighted by atomic mass is 35.5. The zero-order valence-electron chi connectivity index (χ0n) is 13.7. The number of aromatic amines is 1. The summed E-state index contributed by atoms with van der Waals surface area (Å²) in [4.78, 5) is 25.8. The molecule has 3 heterocycles. The van der Waals surface area contributed by atoms with Crippen LogP contribution in [-0.4, -0.2) is 22.0 Å². The van der Waals surface area contributed by atoms with E-state index >= 15 is 0 Å². The number of hydrogen-bond acceptors (Lipinski definition) is 6. The molecule has 8 heteroatoms. The highest BCUT2D eigenvalue weighted by Gasteiger charge is 2.12. The molecule has 4 rings (SSSR count). The van der Waals surface area contributed by atoms with E-state index in [0.29, 0.717) is 49.9 Å². The molecule has 0 aliphatic carbocycles. The normalized spacial score (nSPS) is 11.0. The number of thiophene rings is 1. The van der Waals surface area contributed by atoms with Crippen LogP contribution >= 0.6 is 22.9 Å². The molecular formula is C18H12ClN5OS. The number of pyridine rings is 1.